The normalized spacial score (nSPS) is 11.8. The highest BCUT2D eigenvalue weighted by Gasteiger charge is 2.18. The molecule has 0 bridgehead atoms. The van der Waals surface area contributed by atoms with E-state index in [2.05, 4.69) is 10.3 Å². The predicted octanol–water partition coefficient (Wildman–Crippen LogP) is 2.35. The maximum Gasteiger partial charge on any atom is 0.251 e. The number of amides is 1. The third-order valence-corrected chi connectivity index (χ3v) is 5.80. The molecule has 0 atom stereocenters. The molecule has 0 aliphatic rings. The first kappa shape index (κ1) is 17.2. The van der Waals surface area contributed by atoms with Gasteiger partial charge in [-0.15, -0.1) is 0 Å². The molecular formula is C18H19N3O3S. The van der Waals surface area contributed by atoms with Crippen LogP contribution >= 0.6 is 0 Å². The Labute approximate surface area is 146 Å². The van der Waals surface area contributed by atoms with Gasteiger partial charge >= 0.3 is 0 Å². The molecule has 2 aromatic carbocycles. The van der Waals surface area contributed by atoms with E-state index in [4.69, 9.17) is 0 Å². The van der Waals surface area contributed by atoms with E-state index in [1.165, 1.54) is 26.2 Å². The highest BCUT2D eigenvalue weighted by Crippen LogP contribution is 2.18. The van der Waals surface area contributed by atoms with Gasteiger partial charge in [0.2, 0.25) is 10.0 Å². The van der Waals surface area contributed by atoms with Gasteiger partial charge in [0.05, 0.1) is 4.90 Å². The first-order valence-electron chi connectivity index (χ1n) is 7.75. The summed E-state index contributed by atoms with van der Waals surface area (Å²) in [6.07, 6.45) is 1.86. The lowest BCUT2D eigenvalue weighted by Crippen LogP contribution is -2.25. The van der Waals surface area contributed by atoms with Gasteiger partial charge in [-0.2, -0.15) is 0 Å². The summed E-state index contributed by atoms with van der Waals surface area (Å²) in [5.74, 6) is -0.318. The number of fused-ring (bicyclic) bond motifs is 1. The SMILES string of the molecule is CN(C)S(=O)(=O)c1cccc(C(=O)NCc2c[nH]c3ccccc23)c1. The minimum absolute atomic E-state index is 0.0947. The molecule has 1 heterocycles. The zero-order valence-electron chi connectivity index (χ0n) is 14.0. The van der Waals surface area contributed by atoms with Crippen LogP contribution < -0.4 is 5.32 Å². The monoisotopic (exact) mass is 357 g/mol. The largest absolute Gasteiger partial charge is 0.361 e. The van der Waals surface area contributed by atoms with Crippen molar-refractivity contribution in [3.8, 4) is 0 Å². The van der Waals surface area contributed by atoms with Crippen LogP contribution in [0, 0.1) is 0 Å². The van der Waals surface area contributed by atoms with E-state index in [1.807, 2.05) is 30.5 Å². The average molecular weight is 357 g/mol. The number of sulfonamides is 1. The molecule has 1 amide bonds. The van der Waals surface area contributed by atoms with Gasteiger partial charge in [-0.25, -0.2) is 12.7 Å². The van der Waals surface area contributed by atoms with Gasteiger partial charge in [0.15, 0.2) is 0 Å². The first-order valence-corrected chi connectivity index (χ1v) is 9.19. The predicted molar refractivity (Wildman–Crippen MR) is 96.8 cm³/mol. The molecule has 0 fully saturated rings. The molecule has 7 heteroatoms. The molecule has 3 aromatic rings. The molecule has 0 saturated carbocycles. The van der Waals surface area contributed by atoms with Crippen molar-refractivity contribution in [3.05, 3.63) is 65.9 Å². The topological polar surface area (TPSA) is 82.3 Å². The van der Waals surface area contributed by atoms with Crippen molar-refractivity contribution in [2.24, 2.45) is 0 Å². The first-order chi connectivity index (χ1) is 11.9. The fraction of sp³-hybridized carbons (Fsp3) is 0.167. The summed E-state index contributed by atoms with van der Waals surface area (Å²) in [6.45, 7) is 0.355. The highest BCUT2D eigenvalue weighted by atomic mass is 32.2. The fourth-order valence-corrected chi connectivity index (χ4v) is 3.51. The number of para-hydroxylation sites is 1. The van der Waals surface area contributed by atoms with Gasteiger partial charge in [-0.05, 0) is 29.8 Å². The molecule has 1 aromatic heterocycles. The zero-order chi connectivity index (χ0) is 18.0. The Kier molecular flexibility index (Phi) is 4.61. The lowest BCUT2D eigenvalue weighted by Gasteiger charge is -2.12. The molecule has 3 rings (SSSR count). The van der Waals surface area contributed by atoms with Crippen LogP contribution in [0.1, 0.15) is 15.9 Å². The van der Waals surface area contributed by atoms with Crippen molar-refractivity contribution in [2.75, 3.05) is 14.1 Å². The number of hydrogen-bond donors (Lipinski definition) is 2. The van der Waals surface area contributed by atoms with Gasteiger partial charge < -0.3 is 10.3 Å². The summed E-state index contributed by atoms with van der Waals surface area (Å²) in [5, 5.41) is 3.88. The fourth-order valence-electron chi connectivity index (χ4n) is 2.56. The smallest absolute Gasteiger partial charge is 0.251 e. The van der Waals surface area contributed by atoms with E-state index in [0.717, 1.165) is 20.8 Å². The molecule has 0 saturated heterocycles. The van der Waals surface area contributed by atoms with Gasteiger partial charge in [-0.1, -0.05) is 24.3 Å². The third-order valence-electron chi connectivity index (χ3n) is 3.99. The van der Waals surface area contributed by atoms with Crippen molar-refractivity contribution < 1.29 is 13.2 Å². The summed E-state index contributed by atoms with van der Waals surface area (Å²) in [5.41, 5.74) is 2.29. The van der Waals surface area contributed by atoms with Crippen LogP contribution in [0.5, 0.6) is 0 Å². The highest BCUT2D eigenvalue weighted by molar-refractivity contribution is 7.89. The van der Waals surface area contributed by atoms with Crippen molar-refractivity contribution in [2.45, 2.75) is 11.4 Å². The lowest BCUT2D eigenvalue weighted by atomic mass is 10.1. The van der Waals surface area contributed by atoms with E-state index >= 15 is 0 Å². The van der Waals surface area contributed by atoms with Crippen LogP contribution in [-0.4, -0.2) is 37.7 Å². The molecule has 6 nitrogen and oxygen atoms in total. The Morgan fingerprint density at radius 2 is 1.88 bits per heavy atom. The summed E-state index contributed by atoms with van der Waals surface area (Å²) in [6, 6.07) is 13.9. The summed E-state index contributed by atoms with van der Waals surface area (Å²) < 4.78 is 25.5. The average Bonchev–Trinajstić information content (AvgIpc) is 3.03. The van der Waals surface area contributed by atoms with Crippen LogP contribution in [0.2, 0.25) is 0 Å². The lowest BCUT2D eigenvalue weighted by molar-refractivity contribution is 0.0951. The van der Waals surface area contributed by atoms with Gasteiger partial charge in [-0.3, -0.25) is 4.79 Å². The van der Waals surface area contributed by atoms with Crippen LogP contribution in [0.15, 0.2) is 59.6 Å². The standard InChI is InChI=1S/C18H19N3O3S/c1-21(2)25(23,24)15-7-5-6-13(10-15)18(22)20-12-14-11-19-17-9-4-3-8-16(14)17/h3-11,19H,12H2,1-2H3,(H,20,22). The second kappa shape index (κ2) is 6.70. The molecule has 0 aliphatic carbocycles. The number of aromatic amines is 1. The molecule has 0 aliphatic heterocycles. The molecular weight excluding hydrogens is 338 g/mol. The summed E-state index contributed by atoms with van der Waals surface area (Å²) in [7, 11) is -0.657. The van der Waals surface area contributed by atoms with E-state index in [0.29, 0.717) is 12.1 Å². The van der Waals surface area contributed by atoms with Crippen LogP contribution in [-0.2, 0) is 16.6 Å². The number of nitrogens with zero attached hydrogens (tertiary/aromatic N) is 1. The number of rotatable bonds is 5. The molecule has 0 unspecified atom stereocenters. The van der Waals surface area contributed by atoms with Gasteiger partial charge in [0.1, 0.15) is 0 Å². The quantitative estimate of drug-likeness (QED) is 0.735. The van der Waals surface area contributed by atoms with E-state index in [-0.39, 0.29) is 10.8 Å². The number of H-pyrrole nitrogens is 1. The number of carbonyl (C=O) groups excluding carboxylic acids is 1. The summed E-state index contributed by atoms with van der Waals surface area (Å²) >= 11 is 0. The Bertz CT molecular complexity index is 1020. The van der Waals surface area contributed by atoms with E-state index in [9.17, 15) is 13.2 Å². The molecule has 130 valence electrons. The Balaban J connectivity index is 1.78. The number of aromatic nitrogens is 1. The number of hydrogen-bond acceptors (Lipinski definition) is 3. The summed E-state index contributed by atoms with van der Waals surface area (Å²) in [4.78, 5) is 15.6. The van der Waals surface area contributed by atoms with Gasteiger partial charge in [0.25, 0.3) is 5.91 Å². The Morgan fingerprint density at radius 1 is 1.12 bits per heavy atom. The molecule has 0 spiro atoms. The number of carbonyl (C=O) groups is 1. The Morgan fingerprint density at radius 3 is 2.64 bits per heavy atom. The van der Waals surface area contributed by atoms with Crippen molar-refractivity contribution in [1.82, 2.24) is 14.6 Å². The maximum atomic E-state index is 12.4. The minimum atomic E-state index is -3.57. The van der Waals surface area contributed by atoms with E-state index < -0.39 is 10.0 Å². The number of benzene rings is 2. The molecule has 0 radical (unpaired) electrons. The Hall–Kier alpha value is -2.64. The second-order valence-corrected chi connectivity index (χ2v) is 8.01. The van der Waals surface area contributed by atoms with Crippen LogP contribution in [0.25, 0.3) is 10.9 Å². The third kappa shape index (κ3) is 3.42. The van der Waals surface area contributed by atoms with Crippen LogP contribution in [0.4, 0.5) is 0 Å². The maximum absolute atomic E-state index is 12.4. The second-order valence-electron chi connectivity index (χ2n) is 5.86. The minimum Gasteiger partial charge on any atom is -0.361 e. The van der Waals surface area contributed by atoms with E-state index in [1.54, 1.807) is 12.1 Å². The number of nitrogens with one attached hydrogen (secondary N) is 2. The van der Waals surface area contributed by atoms with Crippen molar-refractivity contribution >= 4 is 26.8 Å². The zero-order valence-corrected chi connectivity index (χ0v) is 14.8. The molecule has 2 N–H and O–H groups in total. The van der Waals surface area contributed by atoms with Crippen molar-refractivity contribution in [3.63, 3.8) is 0 Å². The van der Waals surface area contributed by atoms with Crippen LogP contribution in [0.3, 0.4) is 0 Å². The van der Waals surface area contributed by atoms with Gasteiger partial charge in [0, 0.05) is 43.3 Å². The van der Waals surface area contributed by atoms with Crippen molar-refractivity contribution in [1.29, 1.82) is 0 Å². The molecule has 25 heavy (non-hydrogen) atoms.